The molecule has 3 unspecified atom stereocenters. The number of imidazole rings is 1. The van der Waals surface area contributed by atoms with Gasteiger partial charge in [0.2, 0.25) is 0 Å². The molecule has 7 atom stereocenters. The highest BCUT2D eigenvalue weighted by molar-refractivity contribution is 6.09. The number of esters is 1. The summed E-state index contributed by atoms with van der Waals surface area (Å²) in [6.07, 6.45) is -2.71. The van der Waals surface area contributed by atoms with Crippen molar-refractivity contribution in [3.05, 3.63) is 12.7 Å². The first-order valence-corrected chi connectivity index (χ1v) is 10.8. The fraction of sp³-hybridized carbons (Fsp3) is 0.650. The molecule has 2 bridgehead atoms. The minimum absolute atomic E-state index is 0.147. The molecule has 14 nitrogen and oxygen atoms in total. The Balaban J connectivity index is 1.41. The minimum Gasteiger partial charge on any atom is -0.466 e. The van der Waals surface area contributed by atoms with E-state index in [9.17, 15) is 19.8 Å². The van der Waals surface area contributed by atoms with Crippen molar-refractivity contribution in [2.45, 2.75) is 62.2 Å². The first-order chi connectivity index (χ1) is 16.2. The Morgan fingerprint density at radius 3 is 2.79 bits per heavy atom. The zero-order valence-corrected chi connectivity index (χ0v) is 18.8. The Kier molecular flexibility index (Phi) is 5.25. The Labute approximate surface area is 193 Å². The van der Waals surface area contributed by atoms with Crippen molar-refractivity contribution >= 4 is 28.9 Å². The zero-order chi connectivity index (χ0) is 24.4. The number of aliphatic hydroxyl groups is 2. The number of nitrogen functional groups attached to an aromatic ring is 1. The number of fused-ring (bicyclic) bond motifs is 3. The quantitative estimate of drug-likeness (QED) is 0.317. The molecule has 4 N–H and O–H groups in total. The number of aliphatic hydroxyl groups excluding tert-OH is 2. The van der Waals surface area contributed by atoms with Crippen molar-refractivity contribution in [2.24, 2.45) is 0 Å². The molecule has 184 valence electrons. The second kappa shape index (κ2) is 7.81. The number of carbonyl (C=O) groups is 2. The van der Waals surface area contributed by atoms with Crippen LogP contribution >= 0.6 is 0 Å². The maximum Gasteiger partial charge on any atom is 0.351 e. The van der Waals surface area contributed by atoms with Gasteiger partial charge in [-0.25, -0.2) is 19.7 Å². The molecule has 5 heterocycles. The van der Waals surface area contributed by atoms with Gasteiger partial charge in [-0.2, -0.15) is 0 Å². The third kappa shape index (κ3) is 2.96. The molecule has 3 fully saturated rings. The van der Waals surface area contributed by atoms with E-state index in [1.54, 1.807) is 13.8 Å². The summed E-state index contributed by atoms with van der Waals surface area (Å²) < 4.78 is 23.9. The Morgan fingerprint density at radius 2 is 2.09 bits per heavy atom. The van der Waals surface area contributed by atoms with Crippen molar-refractivity contribution in [3.63, 3.8) is 0 Å². The average Bonchev–Trinajstić information content (AvgIpc) is 3.50. The van der Waals surface area contributed by atoms with E-state index in [1.165, 1.54) is 29.2 Å². The van der Waals surface area contributed by atoms with Crippen LogP contribution in [0, 0.1) is 0 Å². The lowest BCUT2D eigenvalue weighted by Crippen LogP contribution is -2.61. The van der Waals surface area contributed by atoms with Gasteiger partial charge in [0.25, 0.3) is 11.5 Å². The maximum absolute atomic E-state index is 13.5. The number of nitrogens with zero attached hydrogens (tertiary/aromatic N) is 5. The average molecular weight is 478 g/mol. The third-order valence-corrected chi connectivity index (χ3v) is 6.75. The summed E-state index contributed by atoms with van der Waals surface area (Å²) in [6.45, 7) is 3.55. The summed E-state index contributed by atoms with van der Waals surface area (Å²) in [7, 11) is 1.17. The number of carbonyl (C=O) groups excluding carboxylic acids is 2. The topological polar surface area (TPSA) is 184 Å². The Morgan fingerprint density at radius 1 is 1.32 bits per heavy atom. The van der Waals surface area contributed by atoms with E-state index in [-0.39, 0.29) is 25.4 Å². The van der Waals surface area contributed by atoms with Gasteiger partial charge in [0.05, 0.1) is 20.0 Å². The number of methoxy groups -OCH3 is 1. The summed E-state index contributed by atoms with van der Waals surface area (Å²) in [5.74, 6) is -1.34. The number of likely N-dealkylation sites (tertiary alicyclic amines) is 1. The summed E-state index contributed by atoms with van der Waals surface area (Å²) in [4.78, 5) is 39.6. The highest BCUT2D eigenvalue weighted by atomic mass is 16.6. The minimum atomic E-state index is -1.93. The predicted octanol–water partition coefficient (Wildman–Crippen LogP) is -1.68. The molecule has 0 aliphatic carbocycles. The molecule has 2 aromatic heterocycles. The number of ether oxygens (including phenoxy) is 4. The van der Waals surface area contributed by atoms with Crippen LogP contribution in [0.5, 0.6) is 0 Å². The normalized spacial score (nSPS) is 37.1. The molecule has 3 saturated heterocycles. The SMILES string of the molecule is CCOC1CC2(C)OC1(C(=O)OC)C(=O)N2C[C@H]1O[C@@H](n2cnc3c(N)ncnc32)[C@H](O)[C@@H]1O. The molecule has 3 aliphatic heterocycles. The highest BCUT2D eigenvalue weighted by Crippen LogP contribution is 2.51. The summed E-state index contributed by atoms with van der Waals surface area (Å²) >= 11 is 0. The number of piperidine rings is 1. The second-order valence-corrected chi connectivity index (χ2v) is 8.70. The van der Waals surface area contributed by atoms with Crippen LogP contribution in [0.1, 0.15) is 26.5 Å². The lowest BCUT2D eigenvalue weighted by atomic mass is 9.88. The van der Waals surface area contributed by atoms with Gasteiger partial charge in [-0.3, -0.25) is 9.36 Å². The number of nitrogens with two attached hydrogens (primary N) is 1. The molecule has 34 heavy (non-hydrogen) atoms. The van der Waals surface area contributed by atoms with E-state index in [0.717, 1.165) is 0 Å². The third-order valence-electron chi connectivity index (χ3n) is 6.75. The van der Waals surface area contributed by atoms with Crippen molar-refractivity contribution in [1.29, 1.82) is 0 Å². The largest absolute Gasteiger partial charge is 0.466 e. The maximum atomic E-state index is 13.5. The first kappa shape index (κ1) is 22.9. The van der Waals surface area contributed by atoms with E-state index in [4.69, 9.17) is 24.7 Å². The van der Waals surface area contributed by atoms with Gasteiger partial charge in [0, 0.05) is 13.0 Å². The number of hydrogen-bond donors (Lipinski definition) is 3. The molecule has 2 aromatic rings. The number of rotatable bonds is 6. The molecule has 3 aliphatic rings. The van der Waals surface area contributed by atoms with Gasteiger partial charge in [-0.05, 0) is 13.8 Å². The summed E-state index contributed by atoms with van der Waals surface area (Å²) in [5, 5.41) is 21.5. The molecule has 0 aromatic carbocycles. The van der Waals surface area contributed by atoms with E-state index in [0.29, 0.717) is 11.2 Å². The Hall–Kier alpha value is -2.91. The van der Waals surface area contributed by atoms with Crippen LogP contribution in [0.3, 0.4) is 0 Å². The summed E-state index contributed by atoms with van der Waals surface area (Å²) in [5.41, 5.74) is 3.34. The van der Waals surface area contributed by atoms with Crippen molar-refractivity contribution in [1.82, 2.24) is 24.4 Å². The summed E-state index contributed by atoms with van der Waals surface area (Å²) in [6, 6.07) is 0. The molecular formula is C20H26N6O8. The van der Waals surface area contributed by atoms with Gasteiger partial charge in [0.1, 0.15) is 42.0 Å². The molecule has 5 rings (SSSR count). The number of amides is 1. The van der Waals surface area contributed by atoms with Crippen LogP contribution in [-0.2, 0) is 28.5 Å². The molecule has 1 amide bonds. The predicted molar refractivity (Wildman–Crippen MR) is 112 cm³/mol. The fourth-order valence-corrected chi connectivity index (χ4v) is 5.12. The number of hydrogen-bond acceptors (Lipinski definition) is 12. The van der Waals surface area contributed by atoms with Crippen LogP contribution in [0.15, 0.2) is 12.7 Å². The van der Waals surface area contributed by atoms with Gasteiger partial charge >= 0.3 is 5.97 Å². The van der Waals surface area contributed by atoms with Crippen molar-refractivity contribution in [3.8, 4) is 0 Å². The Bertz CT molecular complexity index is 1140. The van der Waals surface area contributed by atoms with Crippen LogP contribution in [0.2, 0.25) is 0 Å². The van der Waals surface area contributed by atoms with Crippen molar-refractivity contribution < 1.29 is 38.7 Å². The van der Waals surface area contributed by atoms with Crippen LogP contribution in [0.4, 0.5) is 5.82 Å². The lowest BCUT2D eigenvalue weighted by Gasteiger charge is -2.38. The van der Waals surface area contributed by atoms with Crippen LogP contribution in [-0.4, -0.2) is 103 Å². The van der Waals surface area contributed by atoms with Gasteiger partial charge < -0.3 is 39.8 Å². The zero-order valence-electron chi connectivity index (χ0n) is 18.8. The van der Waals surface area contributed by atoms with Gasteiger partial charge in [-0.15, -0.1) is 0 Å². The van der Waals surface area contributed by atoms with Crippen LogP contribution < -0.4 is 5.73 Å². The number of aromatic nitrogens is 4. The first-order valence-electron chi connectivity index (χ1n) is 10.8. The van der Waals surface area contributed by atoms with E-state index >= 15 is 0 Å². The molecule has 0 saturated carbocycles. The molecule has 0 spiro atoms. The number of anilines is 1. The van der Waals surface area contributed by atoms with E-state index < -0.39 is 53.8 Å². The van der Waals surface area contributed by atoms with E-state index in [2.05, 4.69) is 15.0 Å². The van der Waals surface area contributed by atoms with Gasteiger partial charge in [-0.1, -0.05) is 0 Å². The lowest BCUT2D eigenvalue weighted by molar-refractivity contribution is -0.178. The smallest absolute Gasteiger partial charge is 0.351 e. The van der Waals surface area contributed by atoms with Crippen LogP contribution in [0.25, 0.3) is 11.2 Å². The highest BCUT2D eigenvalue weighted by Gasteiger charge is 2.74. The second-order valence-electron chi connectivity index (χ2n) is 8.70. The monoisotopic (exact) mass is 478 g/mol. The van der Waals surface area contributed by atoms with Crippen molar-refractivity contribution in [2.75, 3.05) is 26.0 Å². The standard InChI is InChI=1S/C20H26N6O8/c1-4-32-10-5-19(2)26(17(29)20(10,34-19)18(30)31-3)6-9-12(27)13(28)16(33-9)25-8-24-11-14(21)22-7-23-15(11)25/h7-10,12-13,16,27-28H,4-6H2,1-3H3,(H2,21,22,23)/t9-,10?,12-,13-,16-,19?,20?/m1/s1. The molecule has 0 radical (unpaired) electrons. The van der Waals surface area contributed by atoms with E-state index in [1.807, 2.05) is 0 Å². The fourth-order valence-electron chi connectivity index (χ4n) is 5.12. The van der Waals surface area contributed by atoms with Gasteiger partial charge in [0.15, 0.2) is 17.7 Å². The molecule has 14 heteroatoms. The molecular weight excluding hydrogens is 452 g/mol.